The number of fused-ring (bicyclic) bond motifs is 1. The van der Waals surface area contributed by atoms with Crippen LogP contribution in [0.2, 0.25) is 0 Å². The molecule has 0 spiro atoms. The van der Waals surface area contributed by atoms with Gasteiger partial charge in [-0.15, -0.1) is 0 Å². The van der Waals surface area contributed by atoms with Gasteiger partial charge < -0.3 is 23.8 Å². The average Bonchev–Trinajstić information content (AvgIpc) is 2.92. The van der Waals surface area contributed by atoms with E-state index in [9.17, 15) is 4.57 Å². The smallest absolute Gasteiger partial charge is 0.344 e. The van der Waals surface area contributed by atoms with Gasteiger partial charge in [0, 0.05) is 35.8 Å². The van der Waals surface area contributed by atoms with Gasteiger partial charge in [0.05, 0.1) is 12.6 Å². The largest absolute Gasteiger partial charge is 0.493 e. The molecule has 37 heavy (non-hydrogen) atoms. The average molecular weight is 593 g/mol. The third kappa shape index (κ3) is 6.81. The fraction of sp³-hybridized carbons (Fsp3) is 0.462. The molecule has 3 aromatic rings. The second-order valence-corrected chi connectivity index (χ2v) is 12.2. The van der Waals surface area contributed by atoms with Gasteiger partial charge in [0.1, 0.15) is 24.5 Å². The maximum Gasteiger partial charge on any atom is 0.344 e. The van der Waals surface area contributed by atoms with Crippen LogP contribution in [0.4, 0.5) is 11.5 Å². The first kappa shape index (κ1) is 27.8. The Kier molecular flexibility index (Phi) is 9.42. The van der Waals surface area contributed by atoms with Gasteiger partial charge >= 0.3 is 7.60 Å². The summed E-state index contributed by atoms with van der Waals surface area (Å²) >= 11 is 3.51. The number of aromatic nitrogens is 2. The highest BCUT2D eigenvalue weighted by molar-refractivity contribution is 9.10. The molecule has 1 aliphatic rings. The summed E-state index contributed by atoms with van der Waals surface area (Å²) in [4.78, 5) is 11.1. The summed E-state index contributed by atoms with van der Waals surface area (Å²) in [5.41, 5.74) is 1.68. The van der Waals surface area contributed by atoms with E-state index in [0.717, 1.165) is 53.4 Å². The molecule has 1 aliphatic heterocycles. The van der Waals surface area contributed by atoms with Crippen LogP contribution >= 0.6 is 23.5 Å². The lowest BCUT2D eigenvalue weighted by Gasteiger charge is -2.36. The Hall–Kier alpha value is -2.23. The predicted octanol–water partition coefficient (Wildman–Crippen LogP) is 6.46. The van der Waals surface area contributed by atoms with E-state index in [0.29, 0.717) is 29.5 Å². The van der Waals surface area contributed by atoms with Gasteiger partial charge in [0.15, 0.2) is 11.5 Å². The molecule has 1 unspecified atom stereocenters. The number of nitrogens with one attached hydrogen (secondary N) is 1. The van der Waals surface area contributed by atoms with Crippen LogP contribution in [0.3, 0.4) is 0 Å². The SMILES string of the molecule is CCC(Oc1cc2ncnc(Nc3cccc(Br)c3)c2cc1OC)C1CCN(CP(=O)(OC)OC)CC1. The van der Waals surface area contributed by atoms with Crippen LogP contribution in [0.15, 0.2) is 47.2 Å². The van der Waals surface area contributed by atoms with Crippen LogP contribution in [0, 0.1) is 5.92 Å². The Balaban J connectivity index is 1.50. The number of likely N-dealkylation sites (tertiary alicyclic amines) is 1. The fourth-order valence-electron chi connectivity index (χ4n) is 4.70. The lowest BCUT2D eigenvalue weighted by Crippen LogP contribution is -2.40. The Bertz CT molecular complexity index is 1250. The minimum atomic E-state index is -3.06. The topological polar surface area (TPSA) is 95.0 Å². The van der Waals surface area contributed by atoms with Gasteiger partial charge in [-0.2, -0.15) is 0 Å². The van der Waals surface area contributed by atoms with Crippen LogP contribution in [-0.4, -0.2) is 61.7 Å². The first-order chi connectivity index (χ1) is 17.9. The molecule has 4 rings (SSSR count). The van der Waals surface area contributed by atoms with Crippen molar-refractivity contribution in [3.8, 4) is 11.5 Å². The molecule has 0 aliphatic carbocycles. The van der Waals surface area contributed by atoms with E-state index in [1.807, 2.05) is 36.4 Å². The normalized spacial score (nSPS) is 16.0. The van der Waals surface area contributed by atoms with E-state index >= 15 is 0 Å². The van der Waals surface area contributed by atoms with Gasteiger partial charge in [-0.05, 0) is 62.5 Å². The van der Waals surface area contributed by atoms with Gasteiger partial charge in [0.25, 0.3) is 0 Å². The molecule has 0 radical (unpaired) electrons. The molecular weight excluding hydrogens is 559 g/mol. The lowest BCUT2D eigenvalue weighted by molar-refractivity contribution is 0.0753. The van der Waals surface area contributed by atoms with Gasteiger partial charge in [-0.25, -0.2) is 9.97 Å². The van der Waals surface area contributed by atoms with Crippen molar-refractivity contribution < 1.29 is 23.1 Å². The zero-order valence-corrected chi connectivity index (χ0v) is 24.1. The number of rotatable bonds is 11. The Labute approximate surface area is 226 Å². The van der Waals surface area contributed by atoms with E-state index in [-0.39, 0.29) is 6.10 Å². The molecule has 2 aromatic carbocycles. The van der Waals surface area contributed by atoms with Crippen LogP contribution in [0.1, 0.15) is 26.2 Å². The lowest BCUT2D eigenvalue weighted by atomic mass is 9.90. The molecule has 1 N–H and O–H groups in total. The number of piperidine rings is 1. The van der Waals surface area contributed by atoms with E-state index in [1.165, 1.54) is 14.2 Å². The van der Waals surface area contributed by atoms with E-state index < -0.39 is 7.60 Å². The number of ether oxygens (including phenoxy) is 2. The second kappa shape index (κ2) is 12.5. The molecule has 0 amide bonds. The predicted molar refractivity (Wildman–Crippen MR) is 149 cm³/mol. The summed E-state index contributed by atoms with van der Waals surface area (Å²) in [5.74, 6) is 2.36. The number of methoxy groups -OCH3 is 1. The van der Waals surface area contributed by atoms with Crippen LogP contribution in [-0.2, 0) is 13.6 Å². The summed E-state index contributed by atoms with van der Waals surface area (Å²) in [5, 5.41) is 4.21. The van der Waals surface area contributed by atoms with Crippen LogP contribution < -0.4 is 14.8 Å². The monoisotopic (exact) mass is 592 g/mol. The summed E-state index contributed by atoms with van der Waals surface area (Å²) < 4.78 is 36.0. The van der Waals surface area contributed by atoms with Crippen molar-refractivity contribution in [2.45, 2.75) is 32.3 Å². The molecule has 0 saturated carbocycles. The maximum absolute atomic E-state index is 12.5. The third-order valence-corrected chi connectivity index (χ3v) is 9.13. The number of nitrogens with zero attached hydrogens (tertiary/aromatic N) is 3. The zero-order valence-electron chi connectivity index (χ0n) is 21.6. The first-order valence-corrected chi connectivity index (χ1v) is 14.8. The second-order valence-electron chi connectivity index (χ2n) is 9.02. The highest BCUT2D eigenvalue weighted by atomic mass is 79.9. The summed E-state index contributed by atoms with van der Waals surface area (Å²) in [7, 11) is 1.44. The van der Waals surface area contributed by atoms with Crippen molar-refractivity contribution in [3.05, 3.63) is 47.2 Å². The summed E-state index contributed by atoms with van der Waals surface area (Å²) in [6.45, 7) is 3.76. The molecular formula is C26H34BrN4O5P. The molecule has 2 heterocycles. The zero-order chi connectivity index (χ0) is 26.4. The summed E-state index contributed by atoms with van der Waals surface area (Å²) in [6, 6.07) is 11.8. The number of benzene rings is 2. The van der Waals surface area contributed by atoms with Crippen molar-refractivity contribution in [2.75, 3.05) is 46.0 Å². The third-order valence-electron chi connectivity index (χ3n) is 6.78. The Morgan fingerprint density at radius 2 is 1.86 bits per heavy atom. The quantitative estimate of drug-likeness (QED) is 0.252. The van der Waals surface area contributed by atoms with E-state index in [4.69, 9.17) is 18.5 Å². The van der Waals surface area contributed by atoms with Crippen molar-refractivity contribution >= 4 is 45.9 Å². The Morgan fingerprint density at radius 3 is 2.51 bits per heavy atom. The molecule has 200 valence electrons. The van der Waals surface area contributed by atoms with E-state index in [2.05, 4.69) is 43.0 Å². The van der Waals surface area contributed by atoms with Gasteiger partial charge in [-0.3, -0.25) is 9.46 Å². The number of hydrogen-bond acceptors (Lipinski definition) is 9. The molecule has 11 heteroatoms. The highest BCUT2D eigenvalue weighted by Gasteiger charge is 2.32. The fourth-order valence-corrected chi connectivity index (χ4v) is 6.25. The minimum absolute atomic E-state index is 0.0197. The van der Waals surface area contributed by atoms with Gasteiger partial charge in [-0.1, -0.05) is 28.9 Å². The van der Waals surface area contributed by atoms with Crippen molar-refractivity contribution in [1.29, 1.82) is 0 Å². The van der Waals surface area contributed by atoms with Crippen molar-refractivity contribution in [1.82, 2.24) is 14.9 Å². The standard InChI is InChI=1S/C26H34BrN4O5P/c1-5-23(18-9-11-31(12-10-18)17-37(32,34-3)35-4)36-25-15-22-21(14-24(25)33-2)26(29-16-28-22)30-20-8-6-7-19(27)13-20/h6-8,13-16,18,23H,5,9-12,17H2,1-4H3,(H,28,29,30). The summed E-state index contributed by atoms with van der Waals surface area (Å²) in [6.07, 6.45) is 4.60. The molecule has 1 saturated heterocycles. The van der Waals surface area contributed by atoms with Crippen molar-refractivity contribution in [2.24, 2.45) is 5.92 Å². The number of halogens is 1. The molecule has 1 atom stereocenters. The van der Waals surface area contributed by atoms with Crippen LogP contribution in [0.25, 0.3) is 10.9 Å². The highest BCUT2D eigenvalue weighted by Crippen LogP contribution is 2.47. The number of hydrogen-bond donors (Lipinski definition) is 1. The maximum atomic E-state index is 12.5. The number of anilines is 2. The molecule has 1 aromatic heterocycles. The molecule has 9 nitrogen and oxygen atoms in total. The van der Waals surface area contributed by atoms with Crippen molar-refractivity contribution in [3.63, 3.8) is 0 Å². The minimum Gasteiger partial charge on any atom is -0.493 e. The molecule has 1 fully saturated rings. The molecule has 0 bridgehead atoms. The van der Waals surface area contributed by atoms with E-state index in [1.54, 1.807) is 13.4 Å². The Morgan fingerprint density at radius 1 is 1.11 bits per heavy atom. The van der Waals surface area contributed by atoms with Crippen LogP contribution in [0.5, 0.6) is 11.5 Å². The first-order valence-electron chi connectivity index (χ1n) is 12.3. The van der Waals surface area contributed by atoms with Gasteiger partial charge in [0.2, 0.25) is 0 Å².